The van der Waals surface area contributed by atoms with E-state index in [1.54, 1.807) is 14.2 Å². The van der Waals surface area contributed by atoms with Crippen LogP contribution in [0.3, 0.4) is 0 Å². The van der Waals surface area contributed by atoms with Gasteiger partial charge >= 0.3 is 0 Å². The minimum absolute atomic E-state index is 0.228. The number of benzene rings is 2. The summed E-state index contributed by atoms with van der Waals surface area (Å²) in [4.78, 5) is 4.95. The Labute approximate surface area is 170 Å². The van der Waals surface area contributed by atoms with Gasteiger partial charge in [0.05, 0.1) is 25.4 Å². The number of nitrogens with zero attached hydrogens (tertiary/aromatic N) is 2. The second kappa shape index (κ2) is 7.87. The number of methoxy groups -OCH3 is 2. The number of ether oxygens (including phenoxy) is 2. The van der Waals surface area contributed by atoms with Gasteiger partial charge in [-0.2, -0.15) is 0 Å². The molecule has 5 nitrogen and oxygen atoms in total. The minimum atomic E-state index is -0.228. The van der Waals surface area contributed by atoms with Crippen molar-refractivity contribution in [1.29, 1.82) is 5.41 Å². The summed E-state index contributed by atoms with van der Waals surface area (Å²) in [5, 5.41) is 9.23. The Bertz CT molecular complexity index is 872. The van der Waals surface area contributed by atoms with Gasteiger partial charge in [-0.3, -0.25) is 9.71 Å². The summed E-state index contributed by atoms with van der Waals surface area (Å²) in [6.45, 7) is 0. The molecule has 28 heavy (non-hydrogen) atoms. The largest absolute Gasteiger partial charge is 0.497 e. The normalized spacial score (nSPS) is 20.0. The molecule has 1 saturated carbocycles. The van der Waals surface area contributed by atoms with Crippen molar-refractivity contribution in [1.82, 2.24) is 0 Å². The zero-order valence-corrected chi connectivity index (χ0v) is 17.1. The van der Waals surface area contributed by atoms with Crippen LogP contribution in [0.1, 0.15) is 32.1 Å². The maximum atomic E-state index is 8.69. The molecule has 4 rings (SSSR count). The smallest absolute Gasteiger partial charge is 0.132 e. The van der Waals surface area contributed by atoms with Crippen LogP contribution in [-0.4, -0.2) is 30.5 Å². The number of hydrogen-bond acceptors (Lipinski definition) is 6. The van der Waals surface area contributed by atoms with Gasteiger partial charge in [-0.15, -0.1) is 0 Å². The second-order valence-electron chi connectivity index (χ2n) is 7.16. The van der Waals surface area contributed by atoms with Crippen LogP contribution in [0, 0.1) is 5.41 Å². The molecule has 1 aliphatic carbocycles. The van der Waals surface area contributed by atoms with Gasteiger partial charge < -0.3 is 9.47 Å². The fourth-order valence-corrected chi connectivity index (χ4v) is 5.24. The first kappa shape index (κ1) is 18.9. The molecule has 2 fully saturated rings. The van der Waals surface area contributed by atoms with Crippen LogP contribution in [0.4, 0.5) is 11.4 Å². The molecule has 2 aliphatic rings. The number of hydrogen-bond donors (Lipinski definition) is 1. The first-order valence-electron chi connectivity index (χ1n) is 9.61. The predicted octanol–water partition coefficient (Wildman–Crippen LogP) is 5.62. The van der Waals surface area contributed by atoms with Gasteiger partial charge in [0, 0.05) is 17.6 Å². The molecule has 0 atom stereocenters. The van der Waals surface area contributed by atoms with Gasteiger partial charge in [0.25, 0.3) is 0 Å². The quantitative estimate of drug-likeness (QED) is 0.682. The van der Waals surface area contributed by atoms with E-state index >= 15 is 0 Å². The Morgan fingerprint density at radius 3 is 2.04 bits per heavy atom. The summed E-state index contributed by atoms with van der Waals surface area (Å²) in [6.07, 6.45) is 5.59. The summed E-state index contributed by atoms with van der Waals surface area (Å²) in [7, 11) is 3.34. The van der Waals surface area contributed by atoms with Gasteiger partial charge in [0.2, 0.25) is 0 Å². The summed E-state index contributed by atoms with van der Waals surface area (Å²) in [5.41, 5.74) is 2.62. The highest BCUT2D eigenvalue weighted by molar-refractivity contribution is 8.17. The Kier molecular flexibility index (Phi) is 5.31. The molecule has 0 bridgehead atoms. The van der Waals surface area contributed by atoms with Crippen molar-refractivity contribution in [2.24, 2.45) is 4.99 Å². The Morgan fingerprint density at radius 2 is 1.46 bits per heavy atom. The molecule has 1 spiro atoms. The monoisotopic (exact) mass is 395 g/mol. The van der Waals surface area contributed by atoms with E-state index in [0.29, 0.717) is 5.04 Å². The maximum Gasteiger partial charge on any atom is 0.132 e. The fourth-order valence-electron chi connectivity index (χ4n) is 4.06. The van der Waals surface area contributed by atoms with Crippen molar-refractivity contribution >= 4 is 34.1 Å². The fraction of sp³-hybridized carbons (Fsp3) is 0.364. The van der Waals surface area contributed by atoms with E-state index < -0.39 is 0 Å². The Hall–Kier alpha value is -2.47. The summed E-state index contributed by atoms with van der Waals surface area (Å²) in [5.74, 6) is 1.65. The van der Waals surface area contributed by atoms with E-state index in [4.69, 9.17) is 19.9 Å². The average Bonchev–Trinajstić information content (AvgIpc) is 3.00. The first-order valence-corrected chi connectivity index (χ1v) is 10.4. The van der Waals surface area contributed by atoms with Crippen LogP contribution in [0.15, 0.2) is 53.5 Å². The highest BCUT2D eigenvalue weighted by atomic mass is 32.2. The average molecular weight is 396 g/mol. The van der Waals surface area contributed by atoms with Crippen molar-refractivity contribution < 1.29 is 9.47 Å². The van der Waals surface area contributed by atoms with Gasteiger partial charge in [0.15, 0.2) is 0 Å². The van der Waals surface area contributed by atoms with E-state index in [0.717, 1.165) is 54.3 Å². The zero-order valence-electron chi connectivity index (χ0n) is 16.3. The van der Waals surface area contributed by atoms with Crippen molar-refractivity contribution in [3.63, 3.8) is 0 Å². The van der Waals surface area contributed by atoms with Crippen molar-refractivity contribution in [3.8, 4) is 11.5 Å². The summed E-state index contributed by atoms with van der Waals surface area (Å²) >= 11 is 1.49. The molecule has 0 amide bonds. The SMILES string of the molecule is COc1ccc(N=C2C(=N)SN(c3ccc(OC)cc3)C23CCCCC3)cc1. The van der Waals surface area contributed by atoms with E-state index in [1.807, 2.05) is 36.4 Å². The Morgan fingerprint density at radius 1 is 0.893 bits per heavy atom. The highest BCUT2D eigenvalue weighted by Gasteiger charge is 2.51. The van der Waals surface area contributed by atoms with Crippen molar-refractivity contribution in [3.05, 3.63) is 48.5 Å². The van der Waals surface area contributed by atoms with Crippen LogP contribution < -0.4 is 13.8 Å². The molecule has 1 aliphatic heterocycles. The van der Waals surface area contributed by atoms with Crippen LogP contribution in [0.25, 0.3) is 0 Å². The molecule has 1 N–H and O–H groups in total. The van der Waals surface area contributed by atoms with Crippen molar-refractivity contribution in [2.45, 2.75) is 37.6 Å². The van der Waals surface area contributed by atoms with Gasteiger partial charge in [-0.25, -0.2) is 4.99 Å². The molecule has 1 heterocycles. The lowest BCUT2D eigenvalue weighted by atomic mass is 9.78. The maximum absolute atomic E-state index is 8.69. The van der Waals surface area contributed by atoms with E-state index in [-0.39, 0.29) is 5.54 Å². The van der Waals surface area contributed by atoms with Gasteiger partial charge in [0.1, 0.15) is 22.3 Å². The second-order valence-corrected chi connectivity index (χ2v) is 8.12. The molecule has 0 unspecified atom stereocenters. The lowest BCUT2D eigenvalue weighted by Gasteiger charge is -2.41. The molecular weight excluding hydrogens is 370 g/mol. The highest BCUT2D eigenvalue weighted by Crippen LogP contribution is 2.48. The van der Waals surface area contributed by atoms with Crippen LogP contribution in [0.2, 0.25) is 0 Å². The third-order valence-corrected chi connectivity index (χ3v) is 6.65. The summed E-state index contributed by atoms with van der Waals surface area (Å²) in [6, 6.07) is 15.9. The number of rotatable bonds is 4. The predicted molar refractivity (Wildman–Crippen MR) is 117 cm³/mol. The van der Waals surface area contributed by atoms with Crippen LogP contribution in [0.5, 0.6) is 11.5 Å². The third-order valence-electron chi connectivity index (χ3n) is 5.53. The van der Waals surface area contributed by atoms with E-state index in [1.165, 1.54) is 18.4 Å². The molecule has 0 aromatic heterocycles. The molecule has 6 heteroatoms. The van der Waals surface area contributed by atoms with E-state index in [2.05, 4.69) is 16.4 Å². The van der Waals surface area contributed by atoms with Gasteiger partial charge in [-0.1, -0.05) is 19.3 Å². The number of nitrogens with one attached hydrogen (secondary N) is 1. The molecule has 0 radical (unpaired) electrons. The van der Waals surface area contributed by atoms with Crippen molar-refractivity contribution in [2.75, 3.05) is 18.5 Å². The molecule has 2 aromatic carbocycles. The minimum Gasteiger partial charge on any atom is -0.497 e. The van der Waals surface area contributed by atoms with Crippen LogP contribution >= 0.6 is 11.9 Å². The lowest BCUT2D eigenvalue weighted by molar-refractivity contribution is 0.392. The molecule has 2 aromatic rings. The topological polar surface area (TPSA) is 57.9 Å². The van der Waals surface area contributed by atoms with E-state index in [9.17, 15) is 0 Å². The zero-order chi connectivity index (χ0) is 19.6. The molecular formula is C22H25N3O2S. The van der Waals surface area contributed by atoms with Crippen LogP contribution in [-0.2, 0) is 0 Å². The first-order chi connectivity index (χ1) is 13.7. The standard InChI is InChI=1S/C22H25N3O2S/c1-26-18-10-6-16(7-11-18)24-20-21(23)28-25(22(20)14-4-3-5-15-22)17-8-12-19(27-2)13-9-17/h6-13,23H,3-5,14-15H2,1-2H3. The summed E-state index contributed by atoms with van der Waals surface area (Å²) < 4.78 is 12.9. The number of anilines is 1. The number of aliphatic imine (C=N–C) groups is 1. The van der Waals surface area contributed by atoms with Gasteiger partial charge in [-0.05, 0) is 61.4 Å². The lowest BCUT2D eigenvalue weighted by Crippen LogP contribution is -2.49. The third kappa shape index (κ3) is 3.37. The molecule has 1 saturated heterocycles. The molecule has 146 valence electrons. The Balaban J connectivity index is 1.74.